The van der Waals surface area contributed by atoms with Gasteiger partial charge in [0.2, 0.25) is 0 Å². The first-order chi connectivity index (χ1) is 12.6. The number of hydrogen-bond acceptors (Lipinski definition) is 4. The van der Waals surface area contributed by atoms with Crippen molar-refractivity contribution in [3.63, 3.8) is 0 Å². The average Bonchev–Trinajstić information content (AvgIpc) is 2.56. The predicted octanol–water partition coefficient (Wildman–Crippen LogP) is 4.39. The molecule has 0 unspecified atom stereocenters. The van der Waals surface area contributed by atoms with E-state index in [9.17, 15) is 9.59 Å². The maximum atomic E-state index is 12.5. The summed E-state index contributed by atoms with van der Waals surface area (Å²) >= 11 is 9.47. The van der Waals surface area contributed by atoms with Crippen molar-refractivity contribution in [1.29, 1.82) is 0 Å². The minimum Gasteiger partial charge on any atom is -0.496 e. The summed E-state index contributed by atoms with van der Waals surface area (Å²) in [5.41, 5.74) is 1.38. The number of ether oxygens (including phenoxy) is 1. The van der Waals surface area contributed by atoms with Gasteiger partial charge in [-0.2, -0.15) is 0 Å². The number of Topliss-reactive ketones (excluding diaryl/α,β-unsaturated/α-hetero) is 1. The monoisotopic (exact) mass is 452 g/mol. The fraction of sp³-hybridized carbons (Fsp3) is 0.350. The van der Waals surface area contributed by atoms with Crippen LogP contribution in [0, 0.1) is 0 Å². The smallest absolute Gasteiger partial charge is 0.270 e. The van der Waals surface area contributed by atoms with E-state index < -0.39 is 0 Å². The van der Waals surface area contributed by atoms with Crippen molar-refractivity contribution in [2.75, 3.05) is 7.11 Å². The van der Waals surface area contributed by atoms with Crippen molar-refractivity contribution >= 4 is 39.2 Å². The number of rotatable bonds is 6. The van der Waals surface area contributed by atoms with Gasteiger partial charge in [-0.05, 0) is 66.5 Å². The van der Waals surface area contributed by atoms with Crippen LogP contribution in [-0.2, 0) is 17.6 Å². The van der Waals surface area contributed by atoms with Crippen molar-refractivity contribution in [3.05, 3.63) is 56.8 Å². The van der Waals surface area contributed by atoms with Crippen LogP contribution in [0.1, 0.15) is 42.4 Å². The van der Waals surface area contributed by atoms with Crippen LogP contribution in [0.3, 0.4) is 0 Å². The van der Waals surface area contributed by atoms with E-state index in [0.29, 0.717) is 20.9 Å². The Balaban J connectivity index is 2.12. The Morgan fingerprint density at radius 3 is 2.56 bits per heavy atom. The zero-order valence-corrected chi connectivity index (χ0v) is 18.1. The molecule has 0 spiro atoms. The van der Waals surface area contributed by atoms with Gasteiger partial charge in [0.05, 0.1) is 12.1 Å². The number of benzene rings is 1. The normalized spacial score (nSPS) is 11.2. The van der Waals surface area contributed by atoms with E-state index in [1.54, 1.807) is 31.4 Å². The predicted molar refractivity (Wildman–Crippen MR) is 110 cm³/mol. The minimum absolute atomic E-state index is 0.0138. The van der Waals surface area contributed by atoms with Gasteiger partial charge in [0.15, 0.2) is 0 Å². The number of hydrogen-bond donors (Lipinski definition) is 1. The zero-order valence-electron chi connectivity index (χ0n) is 15.7. The molecule has 2 aromatic rings. The van der Waals surface area contributed by atoms with Crippen LogP contribution >= 0.6 is 27.5 Å². The average molecular weight is 454 g/mol. The third-order valence-electron chi connectivity index (χ3n) is 3.66. The summed E-state index contributed by atoms with van der Waals surface area (Å²) in [4.78, 5) is 28.9. The van der Waals surface area contributed by atoms with Crippen LogP contribution in [0.2, 0.25) is 5.02 Å². The molecule has 1 aromatic carbocycles. The molecule has 1 N–H and O–H groups in total. The molecule has 0 radical (unpaired) electrons. The molecule has 2 rings (SSSR count). The van der Waals surface area contributed by atoms with Crippen molar-refractivity contribution < 1.29 is 14.3 Å². The van der Waals surface area contributed by atoms with E-state index >= 15 is 0 Å². The highest BCUT2D eigenvalue weighted by Gasteiger charge is 2.17. The number of aromatic nitrogens is 1. The molecule has 0 saturated carbocycles. The fourth-order valence-corrected chi connectivity index (χ4v) is 3.02. The first kappa shape index (κ1) is 21.4. The van der Waals surface area contributed by atoms with Gasteiger partial charge in [-0.3, -0.25) is 14.6 Å². The highest BCUT2D eigenvalue weighted by molar-refractivity contribution is 9.10. The van der Waals surface area contributed by atoms with Gasteiger partial charge < -0.3 is 10.1 Å². The molecule has 0 bridgehead atoms. The van der Waals surface area contributed by atoms with Gasteiger partial charge in [0.1, 0.15) is 17.2 Å². The molecule has 0 fully saturated rings. The standard InChI is InChI=1S/C20H22BrClN2O3/c1-20(2,3)24-19(26)17-8-12(5-6-23-17)7-14(25)9-13-10-16(22)15(21)11-18(13)27-4/h5-6,8,10-11H,7,9H2,1-4H3,(H,24,26). The minimum atomic E-state index is -0.359. The molecular weight excluding hydrogens is 432 g/mol. The molecule has 27 heavy (non-hydrogen) atoms. The summed E-state index contributed by atoms with van der Waals surface area (Å²) in [6.07, 6.45) is 1.91. The number of pyridine rings is 1. The highest BCUT2D eigenvalue weighted by atomic mass is 79.9. The maximum Gasteiger partial charge on any atom is 0.270 e. The molecule has 5 nitrogen and oxygen atoms in total. The van der Waals surface area contributed by atoms with Crippen LogP contribution in [0.25, 0.3) is 0 Å². The molecule has 0 aliphatic rings. The van der Waals surface area contributed by atoms with Crippen LogP contribution < -0.4 is 10.1 Å². The Kier molecular flexibility index (Phi) is 7.00. The Morgan fingerprint density at radius 2 is 1.93 bits per heavy atom. The molecule has 0 aliphatic heterocycles. The number of halogens is 2. The van der Waals surface area contributed by atoms with Crippen molar-refractivity contribution in [2.45, 2.75) is 39.2 Å². The van der Waals surface area contributed by atoms with E-state index in [4.69, 9.17) is 16.3 Å². The SMILES string of the molecule is COc1cc(Br)c(Cl)cc1CC(=O)Cc1ccnc(C(=O)NC(C)(C)C)c1. The first-order valence-electron chi connectivity index (χ1n) is 8.40. The Labute approximate surface area is 172 Å². The topological polar surface area (TPSA) is 68.3 Å². The summed E-state index contributed by atoms with van der Waals surface area (Å²) in [6.45, 7) is 5.69. The lowest BCUT2D eigenvalue weighted by Crippen LogP contribution is -2.40. The number of nitrogens with one attached hydrogen (secondary N) is 1. The lowest BCUT2D eigenvalue weighted by atomic mass is 10.0. The summed E-state index contributed by atoms with van der Waals surface area (Å²) in [5.74, 6) is 0.317. The van der Waals surface area contributed by atoms with Gasteiger partial charge in [-0.1, -0.05) is 11.6 Å². The molecule has 1 amide bonds. The number of methoxy groups -OCH3 is 1. The molecule has 0 aliphatic carbocycles. The third-order valence-corrected chi connectivity index (χ3v) is 4.85. The van der Waals surface area contributed by atoms with Crippen molar-refractivity contribution in [2.24, 2.45) is 0 Å². The Morgan fingerprint density at radius 1 is 1.22 bits per heavy atom. The summed E-state index contributed by atoms with van der Waals surface area (Å²) < 4.78 is 6.03. The van der Waals surface area contributed by atoms with E-state index in [1.807, 2.05) is 20.8 Å². The zero-order chi connectivity index (χ0) is 20.2. The maximum absolute atomic E-state index is 12.5. The second kappa shape index (κ2) is 8.85. The van der Waals surface area contributed by atoms with E-state index in [1.165, 1.54) is 6.20 Å². The third kappa shape index (κ3) is 6.33. The molecule has 7 heteroatoms. The molecule has 1 aromatic heterocycles. The Hall–Kier alpha value is -1.92. The number of carbonyl (C=O) groups is 2. The van der Waals surface area contributed by atoms with Gasteiger partial charge in [-0.25, -0.2) is 0 Å². The quantitative estimate of drug-likeness (QED) is 0.704. The van der Waals surface area contributed by atoms with Crippen molar-refractivity contribution in [3.8, 4) is 5.75 Å². The highest BCUT2D eigenvalue weighted by Crippen LogP contribution is 2.31. The largest absolute Gasteiger partial charge is 0.496 e. The molecule has 0 atom stereocenters. The van der Waals surface area contributed by atoms with Crippen LogP contribution in [0.4, 0.5) is 0 Å². The number of nitrogens with zero attached hydrogens (tertiary/aromatic N) is 1. The molecule has 1 heterocycles. The van der Waals surface area contributed by atoms with E-state index in [-0.39, 0.29) is 30.1 Å². The molecule has 0 saturated heterocycles. The summed E-state index contributed by atoms with van der Waals surface area (Å²) in [7, 11) is 1.55. The van der Waals surface area contributed by atoms with Gasteiger partial charge >= 0.3 is 0 Å². The Bertz CT molecular complexity index is 863. The molecular formula is C20H22BrClN2O3. The van der Waals surface area contributed by atoms with Gasteiger partial charge in [0, 0.05) is 34.6 Å². The lowest BCUT2D eigenvalue weighted by molar-refractivity contribution is -0.117. The number of ketones is 1. The van der Waals surface area contributed by atoms with E-state index in [2.05, 4.69) is 26.2 Å². The summed E-state index contributed by atoms with van der Waals surface area (Å²) in [5, 5.41) is 3.38. The van der Waals surface area contributed by atoms with Crippen LogP contribution in [0.5, 0.6) is 5.75 Å². The first-order valence-corrected chi connectivity index (χ1v) is 9.57. The summed E-state index contributed by atoms with van der Waals surface area (Å²) in [6, 6.07) is 6.84. The van der Waals surface area contributed by atoms with Gasteiger partial charge in [-0.15, -0.1) is 0 Å². The van der Waals surface area contributed by atoms with Crippen LogP contribution in [0.15, 0.2) is 34.9 Å². The fourth-order valence-electron chi connectivity index (χ4n) is 2.51. The number of amides is 1. The number of carbonyl (C=O) groups excluding carboxylic acids is 2. The van der Waals surface area contributed by atoms with Crippen LogP contribution in [-0.4, -0.2) is 29.3 Å². The second-order valence-corrected chi connectivity index (χ2v) is 8.49. The van der Waals surface area contributed by atoms with Crippen molar-refractivity contribution in [1.82, 2.24) is 10.3 Å². The molecule has 144 valence electrons. The second-order valence-electron chi connectivity index (χ2n) is 7.22. The lowest BCUT2D eigenvalue weighted by Gasteiger charge is -2.20. The van der Waals surface area contributed by atoms with Gasteiger partial charge in [0.25, 0.3) is 5.91 Å². The van der Waals surface area contributed by atoms with E-state index in [0.717, 1.165) is 11.1 Å².